The fraction of sp³-hybridized carbons (Fsp3) is 0.0714. The molecule has 0 fully saturated rings. The lowest BCUT2D eigenvalue weighted by atomic mass is 10.0. The van der Waals surface area contributed by atoms with Gasteiger partial charge in [0.25, 0.3) is 0 Å². The fourth-order valence-corrected chi connectivity index (χ4v) is 1.91. The van der Waals surface area contributed by atoms with E-state index in [1.807, 2.05) is 13.0 Å². The Morgan fingerprint density at radius 1 is 1.18 bits per heavy atom. The minimum Gasteiger partial charge on any atom is -0.288 e. The predicted molar refractivity (Wildman–Crippen MR) is 68.7 cm³/mol. The smallest absolute Gasteiger partial charge is 0.196 e. The molecule has 0 saturated carbocycles. The molecule has 1 nitrogen and oxygen atoms in total. The van der Waals surface area contributed by atoms with Crippen LogP contribution >= 0.6 is 15.9 Å². The Bertz CT molecular complexity index is 578. The number of benzene rings is 2. The van der Waals surface area contributed by atoms with Gasteiger partial charge in [0, 0.05) is 10.0 Å². The molecule has 17 heavy (non-hydrogen) atoms. The molecular weight excluding hydrogens is 283 g/mol. The summed E-state index contributed by atoms with van der Waals surface area (Å²) in [5.74, 6) is -0.794. The summed E-state index contributed by atoms with van der Waals surface area (Å²) < 4.78 is 14.3. The van der Waals surface area contributed by atoms with Crippen LogP contribution in [0.1, 0.15) is 21.5 Å². The first-order valence-electron chi connectivity index (χ1n) is 5.15. The summed E-state index contributed by atoms with van der Waals surface area (Å²) in [4.78, 5) is 12.1. The first kappa shape index (κ1) is 12.0. The van der Waals surface area contributed by atoms with Crippen LogP contribution in [0, 0.1) is 12.7 Å². The maximum Gasteiger partial charge on any atom is 0.196 e. The summed E-state index contributed by atoms with van der Waals surface area (Å²) in [5.41, 5.74) is 1.62. The van der Waals surface area contributed by atoms with E-state index < -0.39 is 5.82 Å². The first-order valence-corrected chi connectivity index (χ1v) is 5.94. The number of aryl methyl sites for hydroxylation is 1. The number of ketones is 1. The van der Waals surface area contributed by atoms with Gasteiger partial charge in [-0.15, -0.1) is 0 Å². The Morgan fingerprint density at radius 2 is 1.88 bits per heavy atom. The standard InChI is InChI=1S/C14H10BrFO/c1-9-6-7-10(8-12(9)15)14(17)11-4-2-3-5-13(11)16/h2-8H,1H3. The lowest BCUT2D eigenvalue weighted by Gasteiger charge is -2.04. The van der Waals surface area contributed by atoms with E-state index in [2.05, 4.69) is 15.9 Å². The van der Waals surface area contributed by atoms with Crippen molar-refractivity contribution in [3.63, 3.8) is 0 Å². The molecule has 0 heterocycles. The van der Waals surface area contributed by atoms with Gasteiger partial charge in [-0.05, 0) is 30.7 Å². The molecule has 0 saturated heterocycles. The van der Waals surface area contributed by atoms with Crippen molar-refractivity contribution in [2.45, 2.75) is 6.92 Å². The minimum atomic E-state index is -0.491. The van der Waals surface area contributed by atoms with Gasteiger partial charge in [-0.3, -0.25) is 4.79 Å². The van der Waals surface area contributed by atoms with Crippen LogP contribution in [0.5, 0.6) is 0 Å². The van der Waals surface area contributed by atoms with Crippen LogP contribution < -0.4 is 0 Å². The van der Waals surface area contributed by atoms with E-state index in [1.165, 1.54) is 12.1 Å². The normalized spacial score (nSPS) is 10.3. The van der Waals surface area contributed by atoms with Gasteiger partial charge < -0.3 is 0 Å². The fourth-order valence-electron chi connectivity index (χ4n) is 1.53. The number of hydrogen-bond acceptors (Lipinski definition) is 1. The van der Waals surface area contributed by atoms with E-state index >= 15 is 0 Å². The maximum absolute atomic E-state index is 13.5. The molecule has 2 aromatic carbocycles. The minimum absolute atomic E-state index is 0.100. The van der Waals surface area contributed by atoms with Crippen LogP contribution in [0.15, 0.2) is 46.9 Å². The highest BCUT2D eigenvalue weighted by Gasteiger charge is 2.13. The Kier molecular flexibility index (Phi) is 3.38. The summed E-state index contributed by atoms with van der Waals surface area (Å²) in [6.07, 6.45) is 0. The Hall–Kier alpha value is -1.48. The van der Waals surface area contributed by atoms with Crippen molar-refractivity contribution >= 4 is 21.7 Å². The van der Waals surface area contributed by atoms with Crippen molar-refractivity contribution in [2.75, 3.05) is 0 Å². The number of carbonyl (C=O) groups is 1. The third-order valence-electron chi connectivity index (χ3n) is 2.55. The van der Waals surface area contributed by atoms with Crippen molar-refractivity contribution in [2.24, 2.45) is 0 Å². The number of carbonyl (C=O) groups excluding carboxylic acids is 1. The maximum atomic E-state index is 13.5. The summed E-state index contributed by atoms with van der Waals surface area (Å²) in [6, 6.07) is 11.2. The Labute approximate surface area is 107 Å². The average molecular weight is 293 g/mol. The van der Waals surface area contributed by atoms with Crippen LogP contribution in [0.4, 0.5) is 4.39 Å². The third kappa shape index (κ3) is 2.44. The van der Waals surface area contributed by atoms with E-state index in [0.717, 1.165) is 10.0 Å². The lowest BCUT2D eigenvalue weighted by molar-refractivity contribution is 0.103. The summed E-state index contributed by atoms with van der Waals surface area (Å²) >= 11 is 3.36. The van der Waals surface area contributed by atoms with Gasteiger partial charge in [0.1, 0.15) is 5.82 Å². The topological polar surface area (TPSA) is 17.1 Å². The van der Waals surface area contributed by atoms with Crippen LogP contribution in [0.3, 0.4) is 0 Å². The predicted octanol–water partition coefficient (Wildman–Crippen LogP) is 4.13. The summed E-state index contributed by atoms with van der Waals surface area (Å²) in [5, 5.41) is 0. The first-order chi connectivity index (χ1) is 8.09. The molecule has 0 aromatic heterocycles. The molecule has 0 bridgehead atoms. The van der Waals surface area contributed by atoms with Crippen molar-refractivity contribution in [1.29, 1.82) is 0 Å². The summed E-state index contributed by atoms with van der Waals surface area (Å²) in [7, 11) is 0. The Morgan fingerprint density at radius 3 is 2.53 bits per heavy atom. The Balaban J connectivity index is 2.44. The highest BCUT2D eigenvalue weighted by Crippen LogP contribution is 2.20. The SMILES string of the molecule is Cc1ccc(C(=O)c2ccccc2F)cc1Br. The van der Waals surface area contributed by atoms with E-state index in [0.29, 0.717) is 5.56 Å². The van der Waals surface area contributed by atoms with Gasteiger partial charge >= 0.3 is 0 Å². The second-order valence-electron chi connectivity index (χ2n) is 3.77. The van der Waals surface area contributed by atoms with E-state index in [-0.39, 0.29) is 11.3 Å². The second kappa shape index (κ2) is 4.80. The zero-order chi connectivity index (χ0) is 12.4. The third-order valence-corrected chi connectivity index (χ3v) is 3.41. The largest absolute Gasteiger partial charge is 0.288 e. The molecule has 0 aliphatic rings. The van der Waals surface area contributed by atoms with Crippen molar-refractivity contribution in [1.82, 2.24) is 0 Å². The molecular formula is C14H10BrFO. The van der Waals surface area contributed by atoms with Gasteiger partial charge in [0.05, 0.1) is 5.56 Å². The molecule has 0 amide bonds. The molecule has 2 rings (SSSR count). The quantitative estimate of drug-likeness (QED) is 0.761. The molecule has 0 aliphatic heterocycles. The molecule has 0 N–H and O–H groups in total. The van der Waals surface area contributed by atoms with Crippen molar-refractivity contribution < 1.29 is 9.18 Å². The van der Waals surface area contributed by atoms with Gasteiger partial charge in [0.15, 0.2) is 5.78 Å². The monoisotopic (exact) mass is 292 g/mol. The van der Waals surface area contributed by atoms with Gasteiger partial charge in [-0.25, -0.2) is 4.39 Å². The van der Waals surface area contributed by atoms with E-state index in [4.69, 9.17) is 0 Å². The van der Waals surface area contributed by atoms with E-state index in [9.17, 15) is 9.18 Å². The molecule has 0 aliphatic carbocycles. The molecule has 0 radical (unpaired) electrons. The van der Waals surface area contributed by atoms with Gasteiger partial charge in [-0.1, -0.05) is 40.2 Å². The van der Waals surface area contributed by atoms with Crippen LogP contribution in [0.25, 0.3) is 0 Å². The molecule has 2 aromatic rings. The second-order valence-corrected chi connectivity index (χ2v) is 4.63. The average Bonchev–Trinajstić information content (AvgIpc) is 2.32. The van der Waals surface area contributed by atoms with E-state index in [1.54, 1.807) is 24.3 Å². The van der Waals surface area contributed by atoms with Crippen molar-refractivity contribution in [3.8, 4) is 0 Å². The molecule has 0 atom stereocenters. The molecule has 0 unspecified atom stereocenters. The molecule has 0 spiro atoms. The van der Waals surface area contributed by atoms with Crippen LogP contribution in [-0.2, 0) is 0 Å². The van der Waals surface area contributed by atoms with Crippen LogP contribution in [0.2, 0.25) is 0 Å². The number of hydrogen-bond donors (Lipinski definition) is 0. The van der Waals surface area contributed by atoms with Crippen molar-refractivity contribution in [3.05, 3.63) is 69.4 Å². The lowest BCUT2D eigenvalue weighted by Crippen LogP contribution is -2.04. The molecule has 3 heteroatoms. The van der Waals surface area contributed by atoms with Gasteiger partial charge in [-0.2, -0.15) is 0 Å². The van der Waals surface area contributed by atoms with Crippen LogP contribution in [-0.4, -0.2) is 5.78 Å². The molecule has 86 valence electrons. The van der Waals surface area contributed by atoms with Gasteiger partial charge in [0.2, 0.25) is 0 Å². The summed E-state index contributed by atoms with van der Waals surface area (Å²) in [6.45, 7) is 1.93. The highest BCUT2D eigenvalue weighted by atomic mass is 79.9. The zero-order valence-electron chi connectivity index (χ0n) is 9.21. The highest BCUT2D eigenvalue weighted by molar-refractivity contribution is 9.10. The zero-order valence-corrected chi connectivity index (χ0v) is 10.8. The number of halogens is 2. The number of rotatable bonds is 2.